The second kappa shape index (κ2) is 12.6. The van der Waals surface area contributed by atoms with Gasteiger partial charge in [-0.05, 0) is 43.7 Å². The first-order chi connectivity index (χ1) is 16.0. The van der Waals surface area contributed by atoms with Gasteiger partial charge in [-0.2, -0.15) is 0 Å². The van der Waals surface area contributed by atoms with Crippen LogP contribution in [0.15, 0.2) is 30.3 Å². The molecule has 3 rings (SSSR count). The Hall–Kier alpha value is -2.62. The van der Waals surface area contributed by atoms with Crippen molar-refractivity contribution in [2.24, 2.45) is 0 Å². The van der Waals surface area contributed by atoms with Crippen molar-refractivity contribution in [2.75, 3.05) is 64.9 Å². The van der Waals surface area contributed by atoms with Gasteiger partial charge in [-0.3, -0.25) is 14.6 Å². The number of benzene rings is 1. The number of nitrogens with one attached hydrogen (secondary N) is 1. The fourth-order valence-corrected chi connectivity index (χ4v) is 4.57. The molecule has 2 heterocycles. The number of hydrogen-bond acceptors (Lipinski definition) is 8. The summed E-state index contributed by atoms with van der Waals surface area (Å²) in [5.41, 5.74) is 0.439. The van der Waals surface area contributed by atoms with Gasteiger partial charge in [0.1, 0.15) is 23.1 Å². The minimum Gasteiger partial charge on any atom is -0.497 e. The molecule has 2 aromatic rings. The molecule has 1 fully saturated rings. The Labute approximate surface area is 199 Å². The second-order valence-corrected chi connectivity index (χ2v) is 8.86. The van der Waals surface area contributed by atoms with Crippen LogP contribution >= 0.6 is 11.3 Å². The van der Waals surface area contributed by atoms with Crippen LogP contribution in [0.4, 0.5) is 5.00 Å². The largest absolute Gasteiger partial charge is 0.497 e. The molecule has 0 atom stereocenters. The molecule has 9 heteroatoms. The van der Waals surface area contributed by atoms with Crippen molar-refractivity contribution in [3.05, 3.63) is 40.8 Å². The molecule has 8 nitrogen and oxygen atoms in total. The molecular formula is C24H33N3O5S. The Bertz CT molecular complexity index is 907. The monoisotopic (exact) mass is 475 g/mol. The van der Waals surface area contributed by atoms with Crippen LogP contribution in [0.5, 0.6) is 11.5 Å². The van der Waals surface area contributed by atoms with E-state index in [9.17, 15) is 9.59 Å². The Morgan fingerprint density at radius 2 is 1.70 bits per heavy atom. The second-order valence-electron chi connectivity index (χ2n) is 7.72. The van der Waals surface area contributed by atoms with Gasteiger partial charge in [0, 0.05) is 37.6 Å². The topological polar surface area (TPSA) is 80.3 Å². The van der Waals surface area contributed by atoms with Crippen LogP contribution in [0.1, 0.15) is 29.1 Å². The molecule has 1 N–H and O–H groups in total. The summed E-state index contributed by atoms with van der Waals surface area (Å²) >= 11 is 1.43. The average Bonchev–Trinajstić information content (AvgIpc) is 3.23. The minimum atomic E-state index is -0.394. The molecule has 1 amide bonds. The van der Waals surface area contributed by atoms with E-state index in [-0.39, 0.29) is 5.91 Å². The van der Waals surface area contributed by atoms with Gasteiger partial charge < -0.3 is 19.5 Å². The Kier molecular flexibility index (Phi) is 9.53. The van der Waals surface area contributed by atoms with E-state index in [0.29, 0.717) is 30.3 Å². The third-order valence-corrected chi connectivity index (χ3v) is 6.64. The molecule has 0 unspecified atom stereocenters. The summed E-state index contributed by atoms with van der Waals surface area (Å²) in [6.45, 7) is 9.24. The molecule has 1 aliphatic heterocycles. The summed E-state index contributed by atoms with van der Waals surface area (Å²) in [6.07, 6.45) is 0.803. The molecule has 0 radical (unpaired) electrons. The van der Waals surface area contributed by atoms with Crippen molar-refractivity contribution < 1.29 is 23.8 Å². The highest BCUT2D eigenvalue weighted by molar-refractivity contribution is 7.16. The van der Waals surface area contributed by atoms with Crippen molar-refractivity contribution in [2.45, 2.75) is 20.3 Å². The number of piperazine rings is 1. The van der Waals surface area contributed by atoms with Crippen molar-refractivity contribution in [3.8, 4) is 11.5 Å². The highest BCUT2D eigenvalue weighted by atomic mass is 32.1. The van der Waals surface area contributed by atoms with Crippen molar-refractivity contribution >= 4 is 28.2 Å². The van der Waals surface area contributed by atoms with Crippen LogP contribution in [-0.4, -0.2) is 81.3 Å². The number of esters is 1. The van der Waals surface area contributed by atoms with Gasteiger partial charge in [0.15, 0.2) is 0 Å². The average molecular weight is 476 g/mol. The number of hydrogen-bond donors (Lipinski definition) is 1. The maximum absolute atomic E-state index is 12.6. The fourth-order valence-electron chi connectivity index (χ4n) is 3.57. The van der Waals surface area contributed by atoms with E-state index >= 15 is 0 Å². The first-order valence-corrected chi connectivity index (χ1v) is 12.1. The van der Waals surface area contributed by atoms with Crippen LogP contribution in [0.25, 0.3) is 0 Å². The third-order valence-electron chi connectivity index (χ3n) is 5.45. The fraction of sp³-hybridized carbons (Fsp3) is 0.500. The van der Waals surface area contributed by atoms with Gasteiger partial charge >= 0.3 is 5.97 Å². The van der Waals surface area contributed by atoms with Crippen LogP contribution in [0.2, 0.25) is 0 Å². The van der Waals surface area contributed by atoms with Gasteiger partial charge in [0.25, 0.3) is 0 Å². The lowest BCUT2D eigenvalue weighted by molar-refractivity contribution is -0.117. The standard InChI is InChI=1S/C24H33N3O5S/c1-4-20-16-21(24(29)31-5-2)23(33-20)25-22(28)17-27-12-10-26(11-13-27)14-15-32-19-8-6-18(30-3)7-9-19/h6-9,16H,4-5,10-15,17H2,1-3H3,(H,25,28). The third kappa shape index (κ3) is 7.45. The van der Waals surface area contributed by atoms with Gasteiger partial charge in [-0.15, -0.1) is 11.3 Å². The molecular weight excluding hydrogens is 442 g/mol. The number of methoxy groups -OCH3 is 1. The predicted octanol–water partition coefficient (Wildman–Crippen LogP) is 3.13. The lowest BCUT2D eigenvalue weighted by atomic mass is 10.2. The summed E-state index contributed by atoms with van der Waals surface area (Å²) in [7, 11) is 1.64. The number of aryl methyl sites for hydroxylation is 1. The number of amides is 1. The van der Waals surface area contributed by atoms with Gasteiger partial charge in [-0.1, -0.05) is 6.92 Å². The van der Waals surface area contributed by atoms with Gasteiger partial charge in [0.2, 0.25) is 5.91 Å². The highest BCUT2D eigenvalue weighted by Gasteiger charge is 2.22. The number of rotatable bonds is 11. The quantitative estimate of drug-likeness (QED) is 0.500. The van der Waals surface area contributed by atoms with Crippen molar-refractivity contribution in [3.63, 3.8) is 0 Å². The first-order valence-electron chi connectivity index (χ1n) is 11.3. The van der Waals surface area contributed by atoms with Gasteiger partial charge in [-0.25, -0.2) is 4.79 Å². The van der Waals surface area contributed by atoms with E-state index in [1.807, 2.05) is 37.3 Å². The predicted molar refractivity (Wildman–Crippen MR) is 130 cm³/mol. The molecule has 1 aliphatic rings. The molecule has 0 spiro atoms. The number of anilines is 1. The normalized spacial score (nSPS) is 14.6. The molecule has 33 heavy (non-hydrogen) atoms. The molecule has 180 valence electrons. The van der Waals surface area contributed by atoms with Crippen molar-refractivity contribution in [1.29, 1.82) is 0 Å². The van der Waals surface area contributed by atoms with E-state index in [1.165, 1.54) is 11.3 Å². The Morgan fingerprint density at radius 3 is 2.33 bits per heavy atom. The zero-order valence-corrected chi connectivity index (χ0v) is 20.4. The van der Waals surface area contributed by atoms with E-state index in [4.69, 9.17) is 14.2 Å². The zero-order chi connectivity index (χ0) is 23.6. The minimum absolute atomic E-state index is 0.110. The van der Waals surface area contributed by atoms with Crippen molar-refractivity contribution in [1.82, 2.24) is 9.80 Å². The molecule has 1 aromatic carbocycles. The SMILES string of the molecule is CCOC(=O)c1cc(CC)sc1NC(=O)CN1CCN(CCOc2ccc(OC)cc2)CC1. The Balaban J connectivity index is 1.40. The number of thiophene rings is 1. The van der Waals surface area contributed by atoms with Crippen LogP contribution in [0, 0.1) is 0 Å². The van der Waals surface area contributed by atoms with Crippen LogP contribution in [-0.2, 0) is 16.0 Å². The molecule has 0 aliphatic carbocycles. The number of ether oxygens (including phenoxy) is 3. The lowest BCUT2D eigenvalue weighted by Crippen LogP contribution is -2.49. The molecule has 1 saturated heterocycles. The molecule has 0 saturated carbocycles. The number of nitrogens with zero attached hydrogens (tertiary/aromatic N) is 2. The molecule has 0 bridgehead atoms. The van der Waals surface area contributed by atoms with E-state index < -0.39 is 5.97 Å². The number of carbonyl (C=O) groups excluding carboxylic acids is 2. The van der Waals surface area contributed by atoms with E-state index in [1.54, 1.807) is 14.0 Å². The first kappa shape index (κ1) is 25.0. The lowest BCUT2D eigenvalue weighted by Gasteiger charge is -2.34. The van der Waals surface area contributed by atoms with E-state index in [0.717, 1.165) is 55.5 Å². The number of carbonyl (C=O) groups is 2. The van der Waals surface area contributed by atoms with Crippen LogP contribution < -0.4 is 14.8 Å². The summed E-state index contributed by atoms with van der Waals surface area (Å²) in [5.74, 6) is 1.13. The Morgan fingerprint density at radius 1 is 1.03 bits per heavy atom. The highest BCUT2D eigenvalue weighted by Crippen LogP contribution is 2.29. The van der Waals surface area contributed by atoms with E-state index in [2.05, 4.69) is 15.1 Å². The smallest absolute Gasteiger partial charge is 0.341 e. The van der Waals surface area contributed by atoms with Crippen LogP contribution in [0.3, 0.4) is 0 Å². The van der Waals surface area contributed by atoms with Gasteiger partial charge in [0.05, 0.1) is 25.8 Å². The summed E-state index contributed by atoms with van der Waals surface area (Å²) in [5, 5.41) is 3.49. The summed E-state index contributed by atoms with van der Waals surface area (Å²) < 4.78 is 16.1. The molecule has 1 aromatic heterocycles. The maximum atomic E-state index is 12.6. The summed E-state index contributed by atoms with van der Waals surface area (Å²) in [6, 6.07) is 9.38. The maximum Gasteiger partial charge on any atom is 0.341 e. The summed E-state index contributed by atoms with van der Waals surface area (Å²) in [4.78, 5) is 30.3. The zero-order valence-electron chi connectivity index (χ0n) is 19.6.